The average Bonchev–Trinajstić information content (AvgIpc) is 2.59. The van der Waals surface area contributed by atoms with Crippen LogP contribution in [0.4, 0.5) is 4.79 Å². The summed E-state index contributed by atoms with van der Waals surface area (Å²) in [5.41, 5.74) is 0. The average molecular weight is 360 g/mol. The van der Waals surface area contributed by atoms with Crippen molar-refractivity contribution in [3.63, 3.8) is 0 Å². The lowest BCUT2D eigenvalue weighted by Gasteiger charge is -2.40. The third-order valence-electron chi connectivity index (χ3n) is 3.48. The van der Waals surface area contributed by atoms with E-state index in [1.54, 1.807) is 27.7 Å². The molecule has 1 aliphatic rings. The first-order chi connectivity index (χ1) is 12.0. The number of amides is 2. The summed E-state index contributed by atoms with van der Waals surface area (Å²) in [6.45, 7) is 8.27. The van der Waals surface area contributed by atoms with Crippen molar-refractivity contribution in [1.29, 1.82) is 0 Å². The lowest BCUT2D eigenvalue weighted by atomic mass is 10.2. The number of hydrogen-bond donors (Lipinski definition) is 0. The van der Waals surface area contributed by atoms with Crippen LogP contribution >= 0.6 is 0 Å². The molecule has 0 aliphatic carbocycles. The number of ether oxygens (including phenoxy) is 4. The summed E-state index contributed by atoms with van der Waals surface area (Å²) in [6, 6.07) is -0.524. The Labute approximate surface area is 148 Å². The van der Waals surface area contributed by atoms with E-state index in [2.05, 4.69) is 0 Å². The maximum atomic E-state index is 12.9. The van der Waals surface area contributed by atoms with Crippen LogP contribution in [0.2, 0.25) is 0 Å². The van der Waals surface area contributed by atoms with Gasteiger partial charge in [-0.1, -0.05) is 0 Å². The summed E-state index contributed by atoms with van der Waals surface area (Å²) in [5, 5.41) is 0. The van der Waals surface area contributed by atoms with Crippen LogP contribution in [0, 0.1) is 0 Å². The van der Waals surface area contributed by atoms with Gasteiger partial charge in [0.25, 0.3) is 0 Å². The number of carbonyl (C=O) groups is 3. The molecule has 0 radical (unpaired) electrons. The Morgan fingerprint density at radius 2 is 1.24 bits per heavy atom. The molecule has 144 valence electrons. The minimum Gasteiger partial charge on any atom is -0.463 e. The number of carbonyl (C=O) groups excluding carboxylic acids is 3. The second-order valence-corrected chi connectivity index (χ2v) is 5.14. The fourth-order valence-corrected chi connectivity index (χ4v) is 2.52. The maximum Gasteiger partial charge on any atom is 0.356 e. The highest BCUT2D eigenvalue weighted by Gasteiger charge is 2.41. The number of nitrogens with zero attached hydrogens (tertiary/aromatic N) is 2. The third-order valence-corrected chi connectivity index (χ3v) is 3.48. The van der Waals surface area contributed by atoms with Gasteiger partial charge in [0.2, 0.25) is 12.5 Å². The molecule has 2 unspecified atom stereocenters. The Morgan fingerprint density at radius 1 is 0.840 bits per heavy atom. The van der Waals surface area contributed by atoms with Gasteiger partial charge in [-0.05, 0) is 34.1 Å². The zero-order valence-electron chi connectivity index (χ0n) is 15.4. The van der Waals surface area contributed by atoms with Crippen molar-refractivity contribution < 1.29 is 33.3 Å². The van der Waals surface area contributed by atoms with E-state index in [0.29, 0.717) is 19.5 Å². The van der Waals surface area contributed by atoms with E-state index >= 15 is 0 Å². The van der Waals surface area contributed by atoms with E-state index in [0.717, 1.165) is 0 Å². The topological polar surface area (TPSA) is 94.6 Å². The first-order valence-electron chi connectivity index (χ1n) is 8.65. The van der Waals surface area contributed by atoms with Crippen molar-refractivity contribution in [3.8, 4) is 0 Å². The van der Waals surface area contributed by atoms with E-state index in [1.165, 1.54) is 9.80 Å². The molecule has 0 aromatic carbocycles. The molecule has 1 heterocycles. The third kappa shape index (κ3) is 5.57. The fourth-order valence-electron chi connectivity index (χ4n) is 2.52. The Kier molecular flexibility index (Phi) is 9.22. The fraction of sp³-hybridized carbons (Fsp3) is 0.812. The molecule has 9 nitrogen and oxygen atoms in total. The highest BCUT2D eigenvalue weighted by molar-refractivity contribution is 5.86. The van der Waals surface area contributed by atoms with Crippen LogP contribution in [-0.4, -0.2) is 79.7 Å². The molecule has 25 heavy (non-hydrogen) atoms. The van der Waals surface area contributed by atoms with Crippen LogP contribution in [0.3, 0.4) is 0 Å². The van der Waals surface area contributed by atoms with Crippen LogP contribution < -0.4 is 0 Å². The highest BCUT2D eigenvalue weighted by atomic mass is 16.6. The molecule has 1 aliphatic heterocycles. The van der Waals surface area contributed by atoms with E-state index in [-0.39, 0.29) is 26.4 Å². The van der Waals surface area contributed by atoms with Crippen LogP contribution in [0.15, 0.2) is 0 Å². The molecular formula is C16H28N2O7. The molecular weight excluding hydrogens is 332 g/mol. The number of esters is 2. The SMILES string of the molecule is CCOC(=O)C(OCC)N1CCCN(C(OCC)C(=O)OCC)C1=O. The summed E-state index contributed by atoms with van der Waals surface area (Å²) in [6.07, 6.45) is -1.74. The molecule has 1 fully saturated rings. The van der Waals surface area contributed by atoms with Crippen LogP contribution in [-0.2, 0) is 28.5 Å². The Bertz CT molecular complexity index is 420. The smallest absolute Gasteiger partial charge is 0.356 e. The second-order valence-electron chi connectivity index (χ2n) is 5.14. The van der Waals surface area contributed by atoms with Gasteiger partial charge in [-0.3, -0.25) is 9.80 Å². The first-order valence-corrected chi connectivity index (χ1v) is 8.65. The zero-order valence-corrected chi connectivity index (χ0v) is 15.4. The molecule has 2 atom stereocenters. The van der Waals surface area contributed by atoms with E-state index < -0.39 is 30.4 Å². The molecule has 2 amide bonds. The van der Waals surface area contributed by atoms with Gasteiger partial charge in [0.05, 0.1) is 13.2 Å². The lowest BCUT2D eigenvalue weighted by molar-refractivity contribution is -0.175. The molecule has 1 saturated heterocycles. The number of rotatable bonds is 10. The van der Waals surface area contributed by atoms with Crippen molar-refractivity contribution in [3.05, 3.63) is 0 Å². The molecule has 0 spiro atoms. The summed E-state index contributed by atoms with van der Waals surface area (Å²) >= 11 is 0. The van der Waals surface area contributed by atoms with Gasteiger partial charge < -0.3 is 18.9 Å². The Balaban J connectivity index is 2.98. The molecule has 1 rings (SSSR count). The minimum atomic E-state index is -1.15. The van der Waals surface area contributed by atoms with Crippen molar-refractivity contribution in [1.82, 2.24) is 9.80 Å². The molecule has 0 N–H and O–H groups in total. The Hall–Kier alpha value is -1.87. The molecule has 0 saturated carbocycles. The maximum absolute atomic E-state index is 12.9. The standard InChI is InChI=1S/C16H28N2O7/c1-5-22-12(14(19)24-7-3)17-10-9-11-18(16(17)21)13(23-6-2)15(20)25-8-4/h12-13H,5-11H2,1-4H3. The quantitative estimate of drug-likeness (QED) is 0.536. The Morgan fingerprint density at radius 3 is 1.56 bits per heavy atom. The number of hydrogen-bond acceptors (Lipinski definition) is 7. The van der Waals surface area contributed by atoms with Crippen molar-refractivity contribution in [2.45, 2.75) is 46.6 Å². The van der Waals surface area contributed by atoms with Gasteiger partial charge >= 0.3 is 18.0 Å². The van der Waals surface area contributed by atoms with Gasteiger partial charge in [0.15, 0.2) is 0 Å². The molecule has 0 aromatic heterocycles. The molecule has 9 heteroatoms. The van der Waals surface area contributed by atoms with E-state index in [4.69, 9.17) is 18.9 Å². The van der Waals surface area contributed by atoms with Crippen molar-refractivity contribution in [2.75, 3.05) is 39.5 Å². The first kappa shape index (κ1) is 21.2. The monoisotopic (exact) mass is 360 g/mol. The summed E-state index contributed by atoms with van der Waals surface area (Å²) in [7, 11) is 0. The van der Waals surface area contributed by atoms with Gasteiger partial charge in [-0.25, -0.2) is 14.4 Å². The normalized spacial score (nSPS) is 17.2. The van der Waals surface area contributed by atoms with Crippen LogP contribution in [0.25, 0.3) is 0 Å². The molecule has 0 aromatic rings. The largest absolute Gasteiger partial charge is 0.463 e. The van der Waals surface area contributed by atoms with Crippen LogP contribution in [0.1, 0.15) is 34.1 Å². The summed E-state index contributed by atoms with van der Waals surface area (Å²) in [4.78, 5) is 39.6. The highest BCUT2D eigenvalue weighted by Crippen LogP contribution is 2.19. The van der Waals surface area contributed by atoms with Gasteiger partial charge in [-0.2, -0.15) is 0 Å². The summed E-state index contributed by atoms with van der Waals surface area (Å²) < 4.78 is 20.8. The molecule has 0 bridgehead atoms. The number of urea groups is 1. The van der Waals surface area contributed by atoms with Gasteiger partial charge in [0, 0.05) is 26.3 Å². The predicted molar refractivity (Wildman–Crippen MR) is 87.5 cm³/mol. The lowest BCUT2D eigenvalue weighted by Crippen LogP contribution is -2.61. The van der Waals surface area contributed by atoms with Crippen molar-refractivity contribution in [2.24, 2.45) is 0 Å². The zero-order chi connectivity index (χ0) is 18.8. The summed E-state index contributed by atoms with van der Waals surface area (Å²) in [5.74, 6) is -1.27. The van der Waals surface area contributed by atoms with Gasteiger partial charge in [-0.15, -0.1) is 0 Å². The predicted octanol–water partition coefficient (Wildman–Crippen LogP) is 0.966. The second kappa shape index (κ2) is 10.9. The van der Waals surface area contributed by atoms with Gasteiger partial charge in [0.1, 0.15) is 0 Å². The van der Waals surface area contributed by atoms with Crippen LogP contribution in [0.5, 0.6) is 0 Å². The minimum absolute atomic E-state index is 0.179. The van der Waals surface area contributed by atoms with E-state index in [9.17, 15) is 14.4 Å². The van der Waals surface area contributed by atoms with Crippen molar-refractivity contribution >= 4 is 18.0 Å². The van der Waals surface area contributed by atoms with E-state index in [1.807, 2.05) is 0 Å².